The van der Waals surface area contributed by atoms with E-state index in [1.165, 1.54) is 36.4 Å². The third-order valence-electron chi connectivity index (χ3n) is 4.34. The largest absolute Gasteiger partial charge is 0.444 e. The Morgan fingerprint density at radius 3 is 2.45 bits per heavy atom. The summed E-state index contributed by atoms with van der Waals surface area (Å²) in [5.74, 6) is -2.90. The number of hydrogen-bond donors (Lipinski definition) is 1. The number of carbonyl (C=O) groups is 2. The first-order chi connectivity index (χ1) is 14.8. The molecule has 3 aromatic carbocycles. The van der Waals surface area contributed by atoms with Crippen LogP contribution in [0.2, 0.25) is 5.02 Å². The smallest absolute Gasteiger partial charge is 0.343 e. The predicted octanol–water partition coefficient (Wildman–Crippen LogP) is 5.23. The number of nitrogens with one attached hydrogen (secondary N) is 1. The molecule has 0 fully saturated rings. The first kappa shape index (κ1) is 21.9. The molecule has 0 aliphatic rings. The number of nitrogens with zero attached hydrogens (tertiary/aromatic N) is 1. The molecule has 0 heterocycles. The molecule has 0 spiro atoms. The van der Waals surface area contributed by atoms with E-state index in [1.807, 2.05) is 0 Å². The highest BCUT2D eigenvalue weighted by Crippen LogP contribution is 2.29. The van der Waals surface area contributed by atoms with Gasteiger partial charge in [-0.25, -0.2) is 9.18 Å². The topological polar surface area (TPSA) is 98.5 Å². The third-order valence-corrected chi connectivity index (χ3v) is 4.66. The van der Waals surface area contributed by atoms with Gasteiger partial charge in [0, 0.05) is 11.6 Å². The average Bonchev–Trinajstić information content (AvgIpc) is 2.73. The Morgan fingerprint density at radius 1 is 1.10 bits per heavy atom. The van der Waals surface area contributed by atoms with Gasteiger partial charge >= 0.3 is 5.97 Å². The van der Waals surface area contributed by atoms with Crippen molar-refractivity contribution >= 4 is 34.9 Å². The summed E-state index contributed by atoms with van der Waals surface area (Å²) in [5, 5.41) is 13.6. The molecule has 3 aromatic rings. The van der Waals surface area contributed by atoms with Crippen molar-refractivity contribution in [3.63, 3.8) is 0 Å². The molecule has 0 aliphatic carbocycles. The van der Waals surface area contributed by atoms with Crippen molar-refractivity contribution < 1.29 is 23.6 Å². The van der Waals surface area contributed by atoms with Gasteiger partial charge in [0.25, 0.3) is 11.6 Å². The lowest BCUT2D eigenvalue weighted by molar-refractivity contribution is -0.384. The number of aryl methyl sites for hydroxylation is 1. The fraction of sp³-hybridized carbons (Fsp3) is 0.0909. The van der Waals surface area contributed by atoms with E-state index in [2.05, 4.69) is 5.32 Å². The number of nitro groups is 1. The molecule has 0 bridgehead atoms. The van der Waals surface area contributed by atoms with Crippen LogP contribution in [0.1, 0.15) is 27.6 Å². The molecule has 0 aliphatic heterocycles. The van der Waals surface area contributed by atoms with Crippen LogP contribution < -0.4 is 5.32 Å². The zero-order chi connectivity index (χ0) is 22.5. The second-order valence-corrected chi connectivity index (χ2v) is 6.97. The van der Waals surface area contributed by atoms with Crippen molar-refractivity contribution in [1.29, 1.82) is 0 Å². The number of anilines is 1. The van der Waals surface area contributed by atoms with Crippen molar-refractivity contribution in [2.45, 2.75) is 13.0 Å². The highest BCUT2D eigenvalue weighted by molar-refractivity contribution is 6.33. The van der Waals surface area contributed by atoms with Crippen LogP contribution in [-0.2, 0) is 9.53 Å². The van der Waals surface area contributed by atoms with E-state index in [0.717, 1.165) is 6.07 Å². The van der Waals surface area contributed by atoms with Gasteiger partial charge in [0.2, 0.25) is 6.10 Å². The molecule has 1 N–H and O–H groups in total. The summed E-state index contributed by atoms with van der Waals surface area (Å²) in [6.07, 6.45) is -1.51. The summed E-state index contributed by atoms with van der Waals surface area (Å²) in [4.78, 5) is 36.3. The minimum Gasteiger partial charge on any atom is -0.444 e. The SMILES string of the molecule is Cc1ccc(NC(=O)C(OC(=O)c2c(F)cccc2Cl)c2ccccc2)c([N+](=O)[O-])c1. The van der Waals surface area contributed by atoms with E-state index in [0.29, 0.717) is 5.56 Å². The molecule has 9 heteroatoms. The Balaban J connectivity index is 1.94. The molecule has 0 saturated heterocycles. The molecule has 1 atom stereocenters. The number of hydrogen-bond acceptors (Lipinski definition) is 5. The van der Waals surface area contributed by atoms with Gasteiger partial charge in [-0.05, 0) is 30.7 Å². The fourth-order valence-corrected chi connectivity index (χ4v) is 3.10. The van der Waals surface area contributed by atoms with Crippen molar-refractivity contribution in [1.82, 2.24) is 0 Å². The van der Waals surface area contributed by atoms with Crippen LogP contribution in [0.3, 0.4) is 0 Å². The van der Waals surface area contributed by atoms with Gasteiger partial charge in [0.15, 0.2) is 0 Å². The standard InChI is InChI=1S/C22H16ClFN2O5/c1-13-10-11-17(18(12-13)26(29)30)25-21(27)20(14-6-3-2-4-7-14)31-22(28)19-15(23)8-5-9-16(19)24/h2-12,20H,1H3,(H,25,27). The molecule has 0 radical (unpaired) electrons. The highest BCUT2D eigenvalue weighted by Gasteiger charge is 2.29. The molecule has 0 saturated carbocycles. The Labute approximate surface area is 181 Å². The predicted molar refractivity (Wildman–Crippen MR) is 112 cm³/mol. The molecule has 7 nitrogen and oxygen atoms in total. The first-order valence-electron chi connectivity index (χ1n) is 9.03. The Hall–Kier alpha value is -3.78. The summed E-state index contributed by atoms with van der Waals surface area (Å²) in [6, 6.07) is 15.9. The van der Waals surface area contributed by atoms with Crippen LogP contribution in [0, 0.1) is 22.9 Å². The number of carbonyl (C=O) groups excluding carboxylic acids is 2. The summed E-state index contributed by atoms with van der Waals surface area (Å²) < 4.78 is 19.4. The van der Waals surface area contributed by atoms with Gasteiger partial charge in [-0.1, -0.05) is 54.1 Å². The van der Waals surface area contributed by atoms with Crippen LogP contribution in [0.15, 0.2) is 66.7 Å². The maximum absolute atomic E-state index is 14.1. The number of nitro benzene ring substituents is 1. The van der Waals surface area contributed by atoms with Gasteiger partial charge in [-0.3, -0.25) is 14.9 Å². The molecule has 3 rings (SSSR count). The van der Waals surface area contributed by atoms with Gasteiger partial charge < -0.3 is 10.1 Å². The molecule has 0 aromatic heterocycles. The average molecular weight is 443 g/mol. The minimum absolute atomic E-state index is 0.0681. The zero-order valence-electron chi connectivity index (χ0n) is 16.2. The van der Waals surface area contributed by atoms with Crippen LogP contribution in [0.25, 0.3) is 0 Å². The van der Waals surface area contributed by atoms with Crippen molar-refractivity contribution in [2.75, 3.05) is 5.32 Å². The van der Waals surface area contributed by atoms with Crippen LogP contribution in [0.4, 0.5) is 15.8 Å². The summed E-state index contributed by atoms with van der Waals surface area (Å²) >= 11 is 5.92. The van der Waals surface area contributed by atoms with E-state index >= 15 is 0 Å². The maximum atomic E-state index is 14.1. The number of ether oxygens (including phenoxy) is 1. The molecule has 158 valence electrons. The molecule has 1 unspecified atom stereocenters. The number of benzene rings is 3. The maximum Gasteiger partial charge on any atom is 0.343 e. The van der Waals surface area contributed by atoms with E-state index in [1.54, 1.807) is 31.2 Å². The number of halogens is 2. The van der Waals surface area contributed by atoms with E-state index in [-0.39, 0.29) is 22.0 Å². The van der Waals surface area contributed by atoms with E-state index in [4.69, 9.17) is 16.3 Å². The van der Waals surface area contributed by atoms with Crippen LogP contribution in [0.5, 0.6) is 0 Å². The number of esters is 1. The lowest BCUT2D eigenvalue weighted by Crippen LogP contribution is -2.26. The summed E-state index contributed by atoms with van der Waals surface area (Å²) in [5.41, 5.74) is 0.0184. The quantitative estimate of drug-likeness (QED) is 0.320. The normalized spacial score (nSPS) is 11.5. The number of rotatable bonds is 6. The fourth-order valence-electron chi connectivity index (χ4n) is 2.86. The Bertz CT molecular complexity index is 1130. The third kappa shape index (κ3) is 5.04. The molecular formula is C22H16ClFN2O5. The summed E-state index contributed by atoms with van der Waals surface area (Å²) in [6.45, 7) is 1.67. The monoisotopic (exact) mass is 442 g/mol. The lowest BCUT2D eigenvalue weighted by atomic mass is 10.1. The minimum atomic E-state index is -1.51. The second kappa shape index (κ2) is 9.36. The van der Waals surface area contributed by atoms with Gasteiger partial charge in [0.1, 0.15) is 17.1 Å². The second-order valence-electron chi connectivity index (χ2n) is 6.56. The van der Waals surface area contributed by atoms with Gasteiger partial charge in [-0.15, -0.1) is 0 Å². The van der Waals surface area contributed by atoms with Crippen LogP contribution in [-0.4, -0.2) is 16.8 Å². The molecule has 1 amide bonds. The van der Waals surface area contributed by atoms with Crippen molar-refractivity contribution in [3.8, 4) is 0 Å². The van der Waals surface area contributed by atoms with E-state index < -0.39 is 34.3 Å². The lowest BCUT2D eigenvalue weighted by Gasteiger charge is -2.18. The van der Waals surface area contributed by atoms with Crippen LogP contribution >= 0.6 is 11.6 Å². The summed E-state index contributed by atoms with van der Waals surface area (Å²) in [7, 11) is 0. The molecular weight excluding hydrogens is 427 g/mol. The number of amides is 1. The van der Waals surface area contributed by atoms with E-state index in [9.17, 15) is 24.1 Å². The Kier molecular flexibility index (Phi) is 6.61. The Morgan fingerprint density at radius 2 is 1.81 bits per heavy atom. The zero-order valence-corrected chi connectivity index (χ0v) is 16.9. The van der Waals surface area contributed by atoms with Gasteiger partial charge in [0.05, 0.1) is 9.95 Å². The highest BCUT2D eigenvalue weighted by atomic mass is 35.5. The van der Waals surface area contributed by atoms with Crippen molar-refractivity contribution in [3.05, 3.63) is 104 Å². The molecule has 31 heavy (non-hydrogen) atoms. The first-order valence-corrected chi connectivity index (χ1v) is 9.41. The van der Waals surface area contributed by atoms with Crippen molar-refractivity contribution in [2.24, 2.45) is 0 Å². The van der Waals surface area contributed by atoms with Gasteiger partial charge in [-0.2, -0.15) is 0 Å².